The molecule has 19 heavy (non-hydrogen) atoms. The predicted octanol–water partition coefficient (Wildman–Crippen LogP) is 0.647. The molecule has 2 amide bonds. The highest BCUT2D eigenvalue weighted by molar-refractivity contribution is 5.94. The molecule has 0 heterocycles. The summed E-state index contributed by atoms with van der Waals surface area (Å²) in [5.74, 6) is -0.144. The minimum Gasteiger partial charge on any atom is -0.352 e. The van der Waals surface area contributed by atoms with Crippen LogP contribution in [0.1, 0.15) is 29.8 Å². The van der Waals surface area contributed by atoms with Crippen LogP contribution in [0.15, 0.2) is 24.3 Å². The molecule has 0 aliphatic heterocycles. The van der Waals surface area contributed by atoms with Crippen LogP contribution in [0.2, 0.25) is 0 Å². The lowest BCUT2D eigenvalue weighted by Gasteiger charge is -2.08. The Labute approximate surface area is 113 Å². The summed E-state index contributed by atoms with van der Waals surface area (Å²) in [6, 6.07) is 7.14. The van der Waals surface area contributed by atoms with Crippen molar-refractivity contribution >= 4 is 11.8 Å². The highest BCUT2D eigenvalue weighted by Crippen LogP contribution is 2.04. The van der Waals surface area contributed by atoms with Crippen LogP contribution in [0.5, 0.6) is 0 Å². The molecule has 0 bridgehead atoms. The maximum atomic E-state index is 11.6. The van der Waals surface area contributed by atoms with E-state index in [4.69, 9.17) is 5.73 Å². The first kappa shape index (κ1) is 15.2. The smallest absolute Gasteiger partial charge is 0.251 e. The topological polar surface area (TPSA) is 84.2 Å². The van der Waals surface area contributed by atoms with E-state index in [2.05, 4.69) is 10.6 Å². The average molecular weight is 263 g/mol. The molecule has 4 N–H and O–H groups in total. The van der Waals surface area contributed by atoms with E-state index in [1.807, 2.05) is 26.0 Å². The molecule has 0 aromatic heterocycles. The Bertz CT molecular complexity index is 427. The van der Waals surface area contributed by atoms with Gasteiger partial charge in [-0.05, 0) is 17.7 Å². The molecule has 1 aromatic rings. The summed E-state index contributed by atoms with van der Waals surface area (Å²) in [4.78, 5) is 23.1. The van der Waals surface area contributed by atoms with Gasteiger partial charge in [-0.1, -0.05) is 26.0 Å². The molecule has 104 valence electrons. The second-order valence-corrected chi connectivity index (χ2v) is 4.61. The lowest BCUT2D eigenvalue weighted by molar-refractivity contribution is -0.124. The molecule has 0 aliphatic carbocycles. The van der Waals surface area contributed by atoms with Crippen molar-refractivity contribution in [2.75, 3.05) is 13.1 Å². The molecule has 5 nitrogen and oxygen atoms in total. The third-order valence-electron chi connectivity index (χ3n) is 2.64. The third kappa shape index (κ3) is 5.09. The van der Waals surface area contributed by atoms with Crippen molar-refractivity contribution in [3.63, 3.8) is 0 Å². The number of hydrogen-bond acceptors (Lipinski definition) is 3. The molecular formula is C14H21N3O2. The van der Waals surface area contributed by atoms with Gasteiger partial charge in [0.1, 0.15) is 0 Å². The lowest BCUT2D eigenvalue weighted by atomic mass is 10.1. The van der Waals surface area contributed by atoms with Gasteiger partial charge in [0.15, 0.2) is 0 Å². The fraction of sp³-hybridized carbons (Fsp3) is 0.429. The van der Waals surface area contributed by atoms with Gasteiger partial charge in [0.2, 0.25) is 5.91 Å². The highest BCUT2D eigenvalue weighted by atomic mass is 16.2. The van der Waals surface area contributed by atoms with Crippen LogP contribution in [0.3, 0.4) is 0 Å². The van der Waals surface area contributed by atoms with E-state index in [1.54, 1.807) is 12.1 Å². The Morgan fingerprint density at radius 2 is 1.79 bits per heavy atom. The van der Waals surface area contributed by atoms with E-state index in [1.165, 1.54) is 0 Å². The van der Waals surface area contributed by atoms with Crippen molar-refractivity contribution in [3.8, 4) is 0 Å². The van der Waals surface area contributed by atoms with Gasteiger partial charge in [0, 0.05) is 31.1 Å². The Hall–Kier alpha value is -1.88. The monoisotopic (exact) mass is 263 g/mol. The van der Waals surface area contributed by atoms with Gasteiger partial charge in [-0.3, -0.25) is 9.59 Å². The largest absolute Gasteiger partial charge is 0.352 e. The molecule has 0 atom stereocenters. The number of carbonyl (C=O) groups excluding carboxylic acids is 2. The number of hydrogen-bond donors (Lipinski definition) is 3. The fourth-order valence-corrected chi connectivity index (χ4v) is 1.46. The van der Waals surface area contributed by atoms with Gasteiger partial charge < -0.3 is 16.4 Å². The van der Waals surface area contributed by atoms with E-state index >= 15 is 0 Å². The van der Waals surface area contributed by atoms with E-state index in [-0.39, 0.29) is 17.7 Å². The first-order valence-corrected chi connectivity index (χ1v) is 6.39. The van der Waals surface area contributed by atoms with Gasteiger partial charge >= 0.3 is 0 Å². The summed E-state index contributed by atoms with van der Waals surface area (Å²) in [6.45, 7) is 5.05. The SMILES string of the molecule is CC(C)C(=O)NCc1ccc(C(=O)NCCN)cc1. The second-order valence-electron chi connectivity index (χ2n) is 4.61. The fourth-order valence-electron chi connectivity index (χ4n) is 1.46. The third-order valence-corrected chi connectivity index (χ3v) is 2.64. The molecule has 0 saturated carbocycles. The Kier molecular flexibility index (Phi) is 6.02. The van der Waals surface area contributed by atoms with Crippen LogP contribution in [0, 0.1) is 5.92 Å². The summed E-state index contributed by atoms with van der Waals surface area (Å²) in [6.07, 6.45) is 0. The predicted molar refractivity (Wildman–Crippen MR) is 74.5 cm³/mol. The van der Waals surface area contributed by atoms with Gasteiger partial charge in [-0.2, -0.15) is 0 Å². The minimum absolute atomic E-state index is 0.0183. The lowest BCUT2D eigenvalue weighted by Crippen LogP contribution is -2.29. The first-order valence-electron chi connectivity index (χ1n) is 6.39. The van der Waals surface area contributed by atoms with Crippen LogP contribution < -0.4 is 16.4 Å². The minimum atomic E-state index is -0.136. The number of benzene rings is 1. The molecule has 0 radical (unpaired) electrons. The highest BCUT2D eigenvalue weighted by Gasteiger charge is 2.07. The van der Waals surface area contributed by atoms with Crippen molar-refractivity contribution in [3.05, 3.63) is 35.4 Å². The number of rotatable bonds is 6. The van der Waals surface area contributed by atoms with Crippen LogP contribution in [0.4, 0.5) is 0 Å². The number of nitrogens with one attached hydrogen (secondary N) is 2. The van der Waals surface area contributed by atoms with Crippen molar-refractivity contribution < 1.29 is 9.59 Å². The zero-order chi connectivity index (χ0) is 14.3. The maximum absolute atomic E-state index is 11.6. The van der Waals surface area contributed by atoms with E-state index in [0.29, 0.717) is 25.2 Å². The Balaban J connectivity index is 2.52. The van der Waals surface area contributed by atoms with Crippen molar-refractivity contribution in [2.45, 2.75) is 20.4 Å². The zero-order valence-electron chi connectivity index (χ0n) is 11.4. The molecule has 1 aromatic carbocycles. The maximum Gasteiger partial charge on any atom is 0.251 e. The van der Waals surface area contributed by atoms with Gasteiger partial charge in [-0.15, -0.1) is 0 Å². The standard InChI is InChI=1S/C14H21N3O2/c1-10(2)13(18)17-9-11-3-5-12(6-4-11)14(19)16-8-7-15/h3-6,10H,7-9,15H2,1-2H3,(H,16,19)(H,17,18). The molecule has 0 spiro atoms. The summed E-state index contributed by atoms with van der Waals surface area (Å²) >= 11 is 0. The summed E-state index contributed by atoms with van der Waals surface area (Å²) in [5.41, 5.74) is 6.87. The summed E-state index contributed by atoms with van der Waals surface area (Å²) < 4.78 is 0. The Morgan fingerprint density at radius 1 is 1.16 bits per heavy atom. The molecule has 0 saturated heterocycles. The first-order chi connectivity index (χ1) is 9.04. The van der Waals surface area contributed by atoms with Crippen LogP contribution in [-0.2, 0) is 11.3 Å². The number of carbonyl (C=O) groups is 2. The molecule has 0 unspecified atom stereocenters. The quantitative estimate of drug-likeness (QED) is 0.704. The zero-order valence-corrected chi connectivity index (χ0v) is 11.4. The number of amides is 2. The average Bonchev–Trinajstić information content (AvgIpc) is 2.42. The second kappa shape index (κ2) is 7.53. The summed E-state index contributed by atoms with van der Waals surface area (Å²) in [5, 5.41) is 5.52. The molecule has 5 heteroatoms. The van der Waals surface area contributed by atoms with Crippen molar-refractivity contribution in [1.82, 2.24) is 10.6 Å². The summed E-state index contributed by atoms with van der Waals surface area (Å²) in [7, 11) is 0. The van der Waals surface area contributed by atoms with Gasteiger partial charge in [0.25, 0.3) is 5.91 Å². The van der Waals surface area contributed by atoms with Gasteiger partial charge in [0.05, 0.1) is 0 Å². The normalized spacial score (nSPS) is 10.3. The van der Waals surface area contributed by atoms with Crippen LogP contribution in [0.25, 0.3) is 0 Å². The van der Waals surface area contributed by atoms with Crippen molar-refractivity contribution in [1.29, 1.82) is 0 Å². The molecule has 0 fully saturated rings. The van der Waals surface area contributed by atoms with Crippen LogP contribution in [-0.4, -0.2) is 24.9 Å². The van der Waals surface area contributed by atoms with E-state index in [0.717, 1.165) is 5.56 Å². The molecule has 1 rings (SSSR count). The van der Waals surface area contributed by atoms with Crippen LogP contribution >= 0.6 is 0 Å². The van der Waals surface area contributed by atoms with Gasteiger partial charge in [-0.25, -0.2) is 0 Å². The van der Waals surface area contributed by atoms with E-state index < -0.39 is 0 Å². The number of nitrogens with two attached hydrogens (primary N) is 1. The van der Waals surface area contributed by atoms with Crippen molar-refractivity contribution in [2.24, 2.45) is 11.7 Å². The molecule has 0 aliphatic rings. The Morgan fingerprint density at radius 3 is 2.32 bits per heavy atom. The van der Waals surface area contributed by atoms with E-state index in [9.17, 15) is 9.59 Å². The molecular weight excluding hydrogens is 242 g/mol.